The summed E-state index contributed by atoms with van der Waals surface area (Å²) in [5.74, 6) is 1.70. The minimum absolute atomic E-state index is 0.390. The Morgan fingerprint density at radius 1 is 1.13 bits per heavy atom. The summed E-state index contributed by atoms with van der Waals surface area (Å²) in [4.78, 5) is 0. The third-order valence-electron chi connectivity index (χ3n) is 6.39. The molecule has 1 saturated carbocycles. The Labute approximate surface area is 183 Å². The van der Waals surface area contributed by atoms with Crippen molar-refractivity contribution in [3.63, 3.8) is 0 Å². The summed E-state index contributed by atoms with van der Waals surface area (Å²) in [6.07, 6.45) is 4.79. The molecule has 2 aromatic rings. The van der Waals surface area contributed by atoms with Crippen molar-refractivity contribution in [2.24, 2.45) is 11.3 Å². The highest BCUT2D eigenvalue weighted by atomic mass is 16.5. The molecular formula is C28H39NO. The van der Waals surface area contributed by atoms with Gasteiger partial charge >= 0.3 is 0 Å². The molecule has 2 unspecified atom stereocenters. The fourth-order valence-corrected chi connectivity index (χ4v) is 5.18. The number of anilines is 1. The van der Waals surface area contributed by atoms with Crippen LogP contribution in [0.4, 0.5) is 5.69 Å². The molecule has 1 aliphatic rings. The molecular weight excluding hydrogens is 366 g/mol. The Hall–Kier alpha value is -2.22. The first-order chi connectivity index (χ1) is 14.2. The Balaban J connectivity index is 1.91. The van der Waals surface area contributed by atoms with Crippen LogP contribution in [0.25, 0.3) is 5.57 Å². The van der Waals surface area contributed by atoms with E-state index in [0.29, 0.717) is 18.1 Å². The lowest BCUT2D eigenvalue weighted by Crippen LogP contribution is -2.35. The van der Waals surface area contributed by atoms with E-state index in [1.165, 1.54) is 36.1 Å². The number of benzene rings is 2. The maximum absolute atomic E-state index is 5.72. The summed E-state index contributed by atoms with van der Waals surface area (Å²) >= 11 is 0. The van der Waals surface area contributed by atoms with Crippen LogP contribution in [0, 0.1) is 18.3 Å². The standard InChI is InChI=1S/C28H39NO/c1-8-22-10-12-25(21(5)23-11-13-27(30-9-2)20(4)15-23)26(16-22)29-24-14-19(3)17-28(6,7)18-24/h10-13,15-16,19,24,29H,5,8-9,14,17-18H2,1-4,6-7H3. The Morgan fingerprint density at radius 2 is 1.90 bits per heavy atom. The second-order valence-corrected chi connectivity index (χ2v) is 9.88. The monoisotopic (exact) mass is 405 g/mol. The molecule has 1 aliphatic carbocycles. The molecule has 30 heavy (non-hydrogen) atoms. The first-order valence-corrected chi connectivity index (χ1v) is 11.5. The molecule has 1 fully saturated rings. The van der Waals surface area contributed by atoms with E-state index in [9.17, 15) is 0 Å². The van der Waals surface area contributed by atoms with E-state index in [1.807, 2.05) is 6.92 Å². The fourth-order valence-electron chi connectivity index (χ4n) is 5.18. The van der Waals surface area contributed by atoms with Gasteiger partial charge in [0.2, 0.25) is 0 Å². The highest BCUT2D eigenvalue weighted by molar-refractivity contribution is 5.85. The summed E-state index contributed by atoms with van der Waals surface area (Å²) in [7, 11) is 0. The van der Waals surface area contributed by atoms with Crippen molar-refractivity contribution in [3.8, 4) is 5.75 Å². The summed E-state index contributed by atoms with van der Waals surface area (Å²) < 4.78 is 5.72. The molecule has 3 rings (SSSR count). The molecule has 0 bridgehead atoms. The zero-order chi connectivity index (χ0) is 21.9. The summed E-state index contributed by atoms with van der Waals surface area (Å²) in [5, 5.41) is 3.92. The van der Waals surface area contributed by atoms with Crippen LogP contribution < -0.4 is 10.1 Å². The molecule has 0 saturated heterocycles. The molecule has 0 heterocycles. The quantitative estimate of drug-likeness (QED) is 0.511. The second-order valence-electron chi connectivity index (χ2n) is 9.88. The van der Waals surface area contributed by atoms with E-state index in [1.54, 1.807) is 0 Å². The largest absolute Gasteiger partial charge is 0.494 e. The van der Waals surface area contributed by atoms with Crippen LogP contribution in [-0.2, 0) is 6.42 Å². The molecule has 2 atom stereocenters. The van der Waals surface area contributed by atoms with E-state index >= 15 is 0 Å². The van der Waals surface area contributed by atoms with Gasteiger partial charge in [0, 0.05) is 17.3 Å². The van der Waals surface area contributed by atoms with Crippen molar-refractivity contribution in [1.82, 2.24) is 0 Å². The first kappa shape index (κ1) is 22.5. The zero-order valence-corrected chi connectivity index (χ0v) is 19.8. The van der Waals surface area contributed by atoms with E-state index < -0.39 is 0 Å². The SMILES string of the molecule is C=C(c1ccc(OCC)c(C)c1)c1ccc(CC)cc1NC1CC(C)CC(C)(C)C1. The van der Waals surface area contributed by atoms with Crippen LogP contribution >= 0.6 is 0 Å². The highest BCUT2D eigenvalue weighted by Gasteiger charge is 2.32. The molecule has 0 spiro atoms. The van der Waals surface area contributed by atoms with Crippen molar-refractivity contribution >= 4 is 11.3 Å². The maximum atomic E-state index is 5.72. The van der Waals surface area contributed by atoms with E-state index in [-0.39, 0.29) is 0 Å². The van der Waals surface area contributed by atoms with E-state index in [4.69, 9.17) is 4.74 Å². The molecule has 2 heteroatoms. The number of aryl methyl sites for hydroxylation is 2. The van der Waals surface area contributed by atoms with Gasteiger partial charge in [-0.3, -0.25) is 0 Å². The van der Waals surface area contributed by atoms with Crippen LogP contribution in [0.5, 0.6) is 5.75 Å². The van der Waals surface area contributed by atoms with Crippen LogP contribution in [0.3, 0.4) is 0 Å². The second kappa shape index (κ2) is 9.29. The highest BCUT2D eigenvalue weighted by Crippen LogP contribution is 2.40. The zero-order valence-electron chi connectivity index (χ0n) is 19.8. The lowest BCUT2D eigenvalue weighted by atomic mass is 9.70. The van der Waals surface area contributed by atoms with Gasteiger partial charge in [0.25, 0.3) is 0 Å². The third-order valence-corrected chi connectivity index (χ3v) is 6.39. The topological polar surface area (TPSA) is 21.3 Å². The number of nitrogens with one attached hydrogen (secondary N) is 1. The molecule has 0 aliphatic heterocycles. The van der Waals surface area contributed by atoms with Crippen LogP contribution in [0.2, 0.25) is 0 Å². The van der Waals surface area contributed by atoms with Crippen LogP contribution in [-0.4, -0.2) is 12.6 Å². The molecule has 162 valence electrons. The van der Waals surface area contributed by atoms with Gasteiger partial charge < -0.3 is 10.1 Å². The number of hydrogen-bond donors (Lipinski definition) is 1. The average molecular weight is 406 g/mol. The number of rotatable bonds is 7. The van der Waals surface area contributed by atoms with Gasteiger partial charge in [-0.2, -0.15) is 0 Å². The predicted octanol–water partition coefficient (Wildman–Crippen LogP) is 7.64. The Bertz CT molecular complexity index is 896. The van der Waals surface area contributed by atoms with Crippen LogP contribution in [0.15, 0.2) is 43.0 Å². The van der Waals surface area contributed by atoms with Gasteiger partial charge in [0.05, 0.1) is 6.61 Å². The minimum Gasteiger partial charge on any atom is -0.494 e. The number of hydrogen-bond acceptors (Lipinski definition) is 2. The van der Waals surface area contributed by atoms with E-state index in [0.717, 1.165) is 34.8 Å². The minimum atomic E-state index is 0.390. The average Bonchev–Trinajstić information content (AvgIpc) is 2.67. The smallest absolute Gasteiger partial charge is 0.122 e. The van der Waals surface area contributed by atoms with Gasteiger partial charge in [-0.15, -0.1) is 0 Å². The van der Waals surface area contributed by atoms with Gasteiger partial charge in [0.15, 0.2) is 0 Å². The van der Waals surface area contributed by atoms with Crippen molar-refractivity contribution in [3.05, 3.63) is 65.2 Å². The molecule has 2 aromatic carbocycles. The Kier molecular flexibility index (Phi) is 6.95. The lowest BCUT2D eigenvalue weighted by molar-refractivity contribution is 0.178. The summed E-state index contributed by atoms with van der Waals surface area (Å²) in [5.41, 5.74) is 7.54. The van der Waals surface area contributed by atoms with Crippen LogP contribution in [0.1, 0.15) is 76.1 Å². The molecule has 0 aromatic heterocycles. The van der Waals surface area contributed by atoms with Gasteiger partial charge in [-0.05, 0) is 91.3 Å². The summed E-state index contributed by atoms with van der Waals surface area (Å²) in [6, 6.07) is 13.7. The molecule has 2 nitrogen and oxygen atoms in total. The first-order valence-electron chi connectivity index (χ1n) is 11.5. The maximum Gasteiger partial charge on any atom is 0.122 e. The normalized spacial score (nSPS) is 20.6. The lowest BCUT2D eigenvalue weighted by Gasteiger charge is -2.40. The van der Waals surface area contributed by atoms with Gasteiger partial charge in [0.1, 0.15) is 5.75 Å². The third kappa shape index (κ3) is 5.28. The molecule has 0 amide bonds. The van der Waals surface area contributed by atoms with Crippen molar-refractivity contribution in [1.29, 1.82) is 0 Å². The van der Waals surface area contributed by atoms with Crippen molar-refractivity contribution in [2.75, 3.05) is 11.9 Å². The fraction of sp³-hybridized carbons (Fsp3) is 0.500. The van der Waals surface area contributed by atoms with Gasteiger partial charge in [-0.1, -0.05) is 52.5 Å². The number of ether oxygens (including phenoxy) is 1. The molecule has 0 radical (unpaired) electrons. The summed E-state index contributed by atoms with van der Waals surface area (Å²) in [6.45, 7) is 18.7. The van der Waals surface area contributed by atoms with Crippen molar-refractivity contribution < 1.29 is 4.74 Å². The van der Waals surface area contributed by atoms with Crippen molar-refractivity contribution in [2.45, 2.75) is 73.3 Å². The van der Waals surface area contributed by atoms with E-state index in [2.05, 4.69) is 82.9 Å². The Morgan fingerprint density at radius 3 is 2.53 bits per heavy atom. The predicted molar refractivity (Wildman–Crippen MR) is 131 cm³/mol. The molecule has 1 N–H and O–H groups in total. The van der Waals surface area contributed by atoms with Gasteiger partial charge in [-0.25, -0.2) is 0 Å².